The Kier molecular flexibility index (Phi) is 3.44. The summed E-state index contributed by atoms with van der Waals surface area (Å²) in [5.74, 6) is 0.651. The van der Waals surface area contributed by atoms with Crippen molar-refractivity contribution in [2.24, 2.45) is 0 Å². The Labute approximate surface area is 136 Å². The minimum absolute atomic E-state index is 0.132. The summed E-state index contributed by atoms with van der Waals surface area (Å²) in [5, 5.41) is 22.2. The van der Waals surface area contributed by atoms with Crippen LogP contribution in [0.1, 0.15) is 12.6 Å². The second kappa shape index (κ2) is 5.62. The van der Waals surface area contributed by atoms with Crippen molar-refractivity contribution in [2.45, 2.75) is 18.8 Å². The molecule has 0 saturated carbocycles. The molecule has 124 valence electrons. The van der Waals surface area contributed by atoms with Gasteiger partial charge in [-0.05, 0) is 12.1 Å². The molecular formula is C15H16N6O3. The number of phenolic OH excluding ortho intramolecular Hbond substituents is 1. The topological polar surface area (TPSA) is 131 Å². The standard InChI is InChI=1S/C15H16N6O3/c16-13-12-14(21(7-17-12)11-5-10(23)6-24-11)20-15(19-13)18-8-2-1-3-9(22)4-8/h1-4,7,10-11,22-23H,5-6H2,(H3,16,18,19,20). The third-order valence-electron chi connectivity index (χ3n) is 3.82. The number of rotatable bonds is 3. The number of ether oxygens (including phenoxy) is 1. The van der Waals surface area contributed by atoms with E-state index in [4.69, 9.17) is 10.5 Å². The molecule has 2 atom stereocenters. The molecule has 0 amide bonds. The van der Waals surface area contributed by atoms with Gasteiger partial charge < -0.3 is 26.0 Å². The fourth-order valence-electron chi connectivity index (χ4n) is 2.70. The fraction of sp³-hybridized carbons (Fsp3) is 0.267. The first-order valence-corrected chi connectivity index (χ1v) is 7.46. The summed E-state index contributed by atoms with van der Waals surface area (Å²) in [6.45, 7) is 0.277. The molecule has 0 spiro atoms. The number of nitrogens with one attached hydrogen (secondary N) is 1. The number of benzene rings is 1. The molecule has 3 heterocycles. The van der Waals surface area contributed by atoms with Crippen LogP contribution in [0, 0.1) is 0 Å². The van der Waals surface area contributed by atoms with E-state index < -0.39 is 6.10 Å². The zero-order valence-electron chi connectivity index (χ0n) is 12.6. The van der Waals surface area contributed by atoms with E-state index in [0.29, 0.717) is 23.3 Å². The Hall–Kier alpha value is -2.91. The molecule has 9 heteroatoms. The highest BCUT2D eigenvalue weighted by molar-refractivity contribution is 5.83. The third kappa shape index (κ3) is 2.59. The van der Waals surface area contributed by atoms with Crippen molar-refractivity contribution in [3.8, 4) is 5.75 Å². The van der Waals surface area contributed by atoms with E-state index in [9.17, 15) is 10.2 Å². The predicted molar refractivity (Wildman–Crippen MR) is 86.7 cm³/mol. The number of imidazole rings is 1. The summed E-state index contributed by atoms with van der Waals surface area (Å²) in [5.41, 5.74) is 7.60. The zero-order chi connectivity index (χ0) is 16.7. The molecule has 1 fully saturated rings. The summed E-state index contributed by atoms with van der Waals surface area (Å²) in [6, 6.07) is 6.60. The van der Waals surface area contributed by atoms with Gasteiger partial charge in [0.1, 0.15) is 17.5 Å². The highest BCUT2D eigenvalue weighted by Gasteiger charge is 2.27. The monoisotopic (exact) mass is 328 g/mol. The van der Waals surface area contributed by atoms with Crippen LogP contribution in [0.5, 0.6) is 5.75 Å². The number of nitrogens with two attached hydrogens (primary N) is 1. The summed E-state index contributed by atoms with van der Waals surface area (Å²) in [7, 11) is 0. The molecule has 3 aromatic rings. The SMILES string of the molecule is Nc1nc(Nc2cccc(O)c2)nc2c1ncn2C1CC(O)CO1. The van der Waals surface area contributed by atoms with Crippen LogP contribution >= 0.6 is 0 Å². The average molecular weight is 328 g/mol. The molecule has 1 aliphatic heterocycles. The molecule has 9 nitrogen and oxygen atoms in total. The Balaban J connectivity index is 1.72. The third-order valence-corrected chi connectivity index (χ3v) is 3.82. The number of phenols is 1. The number of aliphatic hydroxyl groups is 1. The summed E-state index contributed by atoms with van der Waals surface area (Å²) < 4.78 is 7.28. The van der Waals surface area contributed by atoms with Gasteiger partial charge in [-0.15, -0.1) is 0 Å². The van der Waals surface area contributed by atoms with Gasteiger partial charge in [-0.3, -0.25) is 4.57 Å². The van der Waals surface area contributed by atoms with Gasteiger partial charge in [0.25, 0.3) is 0 Å². The van der Waals surface area contributed by atoms with Crippen LogP contribution in [0.4, 0.5) is 17.5 Å². The van der Waals surface area contributed by atoms with Crippen molar-refractivity contribution in [3.63, 3.8) is 0 Å². The van der Waals surface area contributed by atoms with Crippen molar-refractivity contribution in [3.05, 3.63) is 30.6 Å². The second-order valence-corrected chi connectivity index (χ2v) is 5.61. The van der Waals surface area contributed by atoms with Gasteiger partial charge in [0.2, 0.25) is 5.95 Å². The van der Waals surface area contributed by atoms with Gasteiger partial charge in [-0.2, -0.15) is 9.97 Å². The van der Waals surface area contributed by atoms with E-state index in [2.05, 4.69) is 20.3 Å². The highest BCUT2D eigenvalue weighted by atomic mass is 16.5. The number of aliphatic hydroxyl groups excluding tert-OH is 1. The van der Waals surface area contributed by atoms with E-state index in [1.165, 1.54) is 0 Å². The lowest BCUT2D eigenvalue weighted by Gasteiger charge is -2.12. The largest absolute Gasteiger partial charge is 0.508 e. The van der Waals surface area contributed by atoms with Crippen molar-refractivity contribution in [2.75, 3.05) is 17.7 Å². The minimum Gasteiger partial charge on any atom is -0.508 e. The van der Waals surface area contributed by atoms with Gasteiger partial charge >= 0.3 is 0 Å². The van der Waals surface area contributed by atoms with E-state index in [0.717, 1.165) is 0 Å². The Morgan fingerprint density at radius 2 is 2.21 bits per heavy atom. The number of aromatic nitrogens is 4. The normalized spacial score (nSPS) is 20.5. The maximum absolute atomic E-state index is 9.65. The predicted octanol–water partition coefficient (Wildman–Crippen LogP) is 1.14. The number of hydrogen-bond acceptors (Lipinski definition) is 8. The van der Waals surface area contributed by atoms with Crippen molar-refractivity contribution in [1.29, 1.82) is 0 Å². The molecule has 0 aliphatic carbocycles. The number of nitrogens with zero attached hydrogens (tertiary/aromatic N) is 4. The van der Waals surface area contributed by atoms with Gasteiger partial charge in [0.05, 0.1) is 19.0 Å². The van der Waals surface area contributed by atoms with Gasteiger partial charge in [-0.1, -0.05) is 6.07 Å². The fourth-order valence-corrected chi connectivity index (χ4v) is 2.70. The van der Waals surface area contributed by atoms with Crippen LogP contribution in [0.2, 0.25) is 0 Å². The highest BCUT2D eigenvalue weighted by Crippen LogP contribution is 2.29. The summed E-state index contributed by atoms with van der Waals surface area (Å²) in [6.07, 6.45) is 1.20. The molecule has 1 aliphatic rings. The molecule has 4 rings (SSSR count). The van der Waals surface area contributed by atoms with E-state index in [-0.39, 0.29) is 30.4 Å². The lowest BCUT2D eigenvalue weighted by Crippen LogP contribution is -2.09. The molecular weight excluding hydrogens is 312 g/mol. The number of hydrogen-bond donors (Lipinski definition) is 4. The smallest absolute Gasteiger partial charge is 0.231 e. The maximum Gasteiger partial charge on any atom is 0.231 e. The first-order chi connectivity index (χ1) is 11.6. The van der Waals surface area contributed by atoms with Crippen LogP contribution in [0.15, 0.2) is 30.6 Å². The second-order valence-electron chi connectivity index (χ2n) is 5.61. The van der Waals surface area contributed by atoms with E-state index in [1.807, 2.05) is 0 Å². The Bertz CT molecular complexity index is 896. The molecule has 24 heavy (non-hydrogen) atoms. The first kappa shape index (κ1) is 14.7. The van der Waals surface area contributed by atoms with Crippen molar-refractivity contribution < 1.29 is 14.9 Å². The number of anilines is 3. The number of nitrogen functional groups attached to an aromatic ring is 1. The summed E-state index contributed by atoms with van der Waals surface area (Å²) in [4.78, 5) is 12.9. The van der Waals surface area contributed by atoms with Crippen LogP contribution in [-0.4, -0.2) is 42.4 Å². The molecule has 0 bridgehead atoms. The molecule has 2 aromatic heterocycles. The van der Waals surface area contributed by atoms with E-state index in [1.54, 1.807) is 35.2 Å². The molecule has 1 aromatic carbocycles. The van der Waals surface area contributed by atoms with Crippen LogP contribution in [-0.2, 0) is 4.74 Å². The van der Waals surface area contributed by atoms with Crippen LogP contribution in [0.3, 0.4) is 0 Å². The molecule has 2 unspecified atom stereocenters. The minimum atomic E-state index is -0.503. The lowest BCUT2D eigenvalue weighted by atomic mass is 10.3. The Morgan fingerprint density at radius 1 is 1.33 bits per heavy atom. The van der Waals surface area contributed by atoms with Crippen LogP contribution in [0.25, 0.3) is 11.2 Å². The van der Waals surface area contributed by atoms with Gasteiger partial charge in [0.15, 0.2) is 11.5 Å². The molecule has 0 radical (unpaired) electrons. The molecule has 5 N–H and O–H groups in total. The number of aromatic hydroxyl groups is 1. The van der Waals surface area contributed by atoms with Crippen molar-refractivity contribution >= 4 is 28.6 Å². The van der Waals surface area contributed by atoms with E-state index >= 15 is 0 Å². The van der Waals surface area contributed by atoms with Gasteiger partial charge in [0, 0.05) is 18.2 Å². The van der Waals surface area contributed by atoms with Crippen molar-refractivity contribution in [1.82, 2.24) is 19.5 Å². The van der Waals surface area contributed by atoms with Crippen LogP contribution < -0.4 is 11.1 Å². The maximum atomic E-state index is 9.65. The zero-order valence-corrected chi connectivity index (χ0v) is 12.6. The number of fused-ring (bicyclic) bond motifs is 1. The first-order valence-electron chi connectivity index (χ1n) is 7.46. The molecule has 1 saturated heterocycles. The lowest BCUT2D eigenvalue weighted by molar-refractivity contribution is 0.0502. The van der Waals surface area contributed by atoms with Gasteiger partial charge in [-0.25, -0.2) is 4.98 Å². The summed E-state index contributed by atoms with van der Waals surface area (Å²) >= 11 is 0. The quantitative estimate of drug-likeness (QED) is 0.563. The Morgan fingerprint density at radius 3 is 2.96 bits per heavy atom. The average Bonchev–Trinajstić information content (AvgIpc) is 3.13.